The predicted octanol–water partition coefficient (Wildman–Crippen LogP) is 5.14. The van der Waals surface area contributed by atoms with Gasteiger partial charge in [0.15, 0.2) is 0 Å². The van der Waals surface area contributed by atoms with E-state index in [1.807, 2.05) is 6.07 Å². The number of thiophene rings is 1. The summed E-state index contributed by atoms with van der Waals surface area (Å²) < 4.78 is 0.898. The lowest BCUT2D eigenvalue weighted by Crippen LogP contribution is -2.03. The molecule has 0 amide bonds. The molecule has 0 aromatic carbocycles. The minimum Gasteiger partial charge on any atom is -0.128 e. The third-order valence-electron chi connectivity index (χ3n) is 2.06. The molecule has 14 heavy (non-hydrogen) atoms. The van der Waals surface area contributed by atoms with Crippen molar-refractivity contribution in [2.24, 2.45) is 5.92 Å². The molecule has 3 heteroatoms. The van der Waals surface area contributed by atoms with Crippen LogP contribution in [0.4, 0.5) is 0 Å². The predicted molar refractivity (Wildman–Crippen MR) is 69.8 cm³/mol. The molecule has 0 N–H and O–H groups in total. The molecule has 0 saturated carbocycles. The van der Waals surface area contributed by atoms with Crippen LogP contribution in [0.1, 0.15) is 31.6 Å². The summed E-state index contributed by atoms with van der Waals surface area (Å²) in [5.41, 5.74) is 0. The minimum absolute atomic E-state index is 0.642. The van der Waals surface area contributed by atoms with E-state index in [9.17, 15) is 0 Å². The maximum Gasteiger partial charge on any atom is 0.0931 e. The summed E-state index contributed by atoms with van der Waals surface area (Å²) in [6.45, 7) is 4.52. The molecule has 0 radical (unpaired) electrons. The first-order valence-corrected chi connectivity index (χ1v) is 7.07. The second-order valence-corrected chi connectivity index (χ2v) is 7.07. The van der Waals surface area contributed by atoms with Crippen molar-refractivity contribution in [1.82, 2.24) is 0 Å². The highest BCUT2D eigenvalue weighted by Gasteiger charge is 2.07. The summed E-state index contributed by atoms with van der Waals surface area (Å²) >= 11 is 11.3. The van der Waals surface area contributed by atoms with Crippen LogP contribution in [0.25, 0.3) is 0 Å². The van der Waals surface area contributed by atoms with Crippen molar-refractivity contribution in [1.29, 1.82) is 0 Å². The second-order valence-electron chi connectivity index (χ2n) is 3.97. The van der Waals surface area contributed by atoms with Crippen LogP contribution >= 0.6 is 38.9 Å². The van der Waals surface area contributed by atoms with Gasteiger partial charge in [-0.3, -0.25) is 0 Å². The first-order chi connectivity index (χ1) is 6.58. The summed E-state index contributed by atoms with van der Waals surface area (Å²) in [5, 5.41) is 0. The van der Waals surface area contributed by atoms with Gasteiger partial charge in [0.05, 0.1) is 4.34 Å². The highest BCUT2D eigenvalue weighted by Crippen LogP contribution is 2.25. The minimum atomic E-state index is 0.642. The van der Waals surface area contributed by atoms with E-state index in [1.54, 1.807) is 11.3 Å². The largest absolute Gasteiger partial charge is 0.128 e. The molecular weight excluding hydrogens is 280 g/mol. The molecule has 1 heterocycles. The zero-order chi connectivity index (χ0) is 10.6. The van der Waals surface area contributed by atoms with Gasteiger partial charge in [0.2, 0.25) is 0 Å². The van der Waals surface area contributed by atoms with Crippen LogP contribution in [0.5, 0.6) is 0 Å². The van der Waals surface area contributed by atoms with Gasteiger partial charge in [0, 0.05) is 9.70 Å². The molecule has 0 spiro atoms. The van der Waals surface area contributed by atoms with Gasteiger partial charge >= 0.3 is 0 Å². The van der Waals surface area contributed by atoms with Gasteiger partial charge in [-0.25, -0.2) is 0 Å². The average Bonchev–Trinajstić information content (AvgIpc) is 2.47. The molecule has 0 nitrogen and oxygen atoms in total. The molecular formula is C11H16BrClS. The fraction of sp³-hybridized carbons (Fsp3) is 0.636. The molecule has 1 aromatic rings. The third kappa shape index (κ3) is 4.81. The van der Waals surface area contributed by atoms with E-state index in [1.165, 1.54) is 17.7 Å². The van der Waals surface area contributed by atoms with Gasteiger partial charge in [0.25, 0.3) is 0 Å². The highest BCUT2D eigenvalue weighted by atomic mass is 79.9. The first kappa shape index (κ1) is 12.5. The van der Waals surface area contributed by atoms with Crippen LogP contribution in [0.3, 0.4) is 0 Å². The lowest BCUT2D eigenvalue weighted by atomic mass is 10.0. The Hall–Kier alpha value is 0.470. The number of alkyl halides is 1. The molecule has 1 unspecified atom stereocenters. The molecule has 0 aliphatic heterocycles. The van der Waals surface area contributed by atoms with Crippen LogP contribution in [0.2, 0.25) is 4.34 Å². The number of rotatable bonds is 5. The number of hydrogen-bond acceptors (Lipinski definition) is 1. The Labute approximate surface area is 104 Å². The Morgan fingerprint density at radius 2 is 2.14 bits per heavy atom. The lowest BCUT2D eigenvalue weighted by molar-refractivity contribution is 0.555. The van der Waals surface area contributed by atoms with Crippen molar-refractivity contribution in [2.45, 2.75) is 37.9 Å². The van der Waals surface area contributed by atoms with E-state index in [4.69, 9.17) is 11.6 Å². The molecule has 80 valence electrons. The number of hydrogen-bond donors (Lipinski definition) is 0. The van der Waals surface area contributed by atoms with E-state index in [-0.39, 0.29) is 0 Å². The summed E-state index contributed by atoms with van der Waals surface area (Å²) in [4.78, 5) is 2.03. The van der Waals surface area contributed by atoms with Crippen molar-refractivity contribution >= 4 is 38.9 Å². The van der Waals surface area contributed by atoms with E-state index >= 15 is 0 Å². The fourth-order valence-electron chi connectivity index (χ4n) is 1.41. The van der Waals surface area contributed by atoms with Crippen LogP contribution in [-0.2, 0) is 6.42 Å². The quantitative estimate of drug-likeness (QED) is 0.660. The van der Waals surface area contributed by atoms with Crippen molar-refractivity contribution < 1.29 is 0 Å². The summed E-state index contributed by atoms with van der Waals surface area (Å²) in [7, 11) is 0. The van der Waals surface area contributed by atoms with Gasteiger partial charge < -0.3 is 0 Å². The SMILES string of the molecule is CC(C)CC(Br)CCc1ccc(Cl)s1. The summed E-state index contributed by atoms with van der Waals surface area (Å²) in [6, 6.07) is 4.11. The van der Waals surface area contributed by atoms with Crippen LogP contribution in [0, 0.1) is 5.92 Å². The van der Waals surface area contributed by atoms with Gasteiger partial charge in [0.1, 0.15) is 0 Å². The van der Waals surface area contributed by atoms with E-state index in [2.05, 4.69) is 35.8 Å². The standard InChI is InChI=1S/C11H16BrClS/c1-8(2)7-9(12)3-4-10-5-6-11(13)14-10/h5-6,8-9H,3-4,7H2,1-2H3. The highest BCUT2D eigenvalue weighted by molar-refractivity contribution is 9.09. The smallest absolute Gasteiger partial charge is 0.0931 e. The topological polar surface area (TPSA) is 0 Å². The second kappa shape index (κ2) is 6.14. The summed E-state index contributed by atoms with van der Waals surface area (Å²) in [6.07, 6.45) is 3.59. The van der Waals surface area contributed by atoms with Crippen LogP contribution in [-0.4, -0.2) is 4.83 Å². The third-order valence-corrected chi connectivity index (χ3v) is 4.18. The molecule has 0 saturated heterocycles. The molecule has 0 bridgehead atoms. The number of aryl methyl sites for hydroxylation is 1. The van der Waals surface area contributed by atoms with Crippen molar-refractivity contribution in [2.75, 3.05) is 0 Å². The Morgan fingerprint density at radius 3 is 2.64 bits per heavy atom. The molecule has 1 rings (SSSR count). The maximum atomic E-state index is 5.87. The zero-order valence-corrected chi connectivity index (χ0v) is 11.8. The maximum absolute atomic E-state index is 5.87. The Balaban J connectivity index is 2.26. The zero-order valence-electron chi connectivity index (χ0n) is 8.59. The normalized spacial score (nSPS) is 13.5. The van der Waals surface area contributed by atoms with E-state index in [0.29, 0.717) is 4.83 Å². The fourth-order valence-corrected chi connectivity index (χ4v) is 3.49. The van der Waals surface area contributed by atoms with Crippen LogP contribution in [0.15, 0.2) is 12.1 Å². The van der Waals surface area contributed by atoms with Crippen LogP contribution < -0.4 is 0 Å². The Morgan fingerprint density at radius 1 is 1.43 bits per heavy atom. The monoisotopic (exact) mass is 294 g/mol. The Kier molecular flexibility index (Phi) is 5.50. The molecule has 0 aliphatic rings. The lowest BCUT2D eigenvalue weighted by Gasteiger charge is -2.11. The van der Waals surface area contributed by atoms with Gasteiger partial charge in [-0.15, -0.1) is 11.3 Å². The van der Waals surface area contributed by atoms with E-state index in [0.717, 1.165) is 16.7 Å². The van der Waals surface area contributed by atoms with Crippen molar-refractivity contribution in [3.63, 3.8) is 0 Å². The van der Waals surface area contributed by atoms with Crippen molar-refractivity contribution in [3.05, 3.63) is 21.3 Å². The molecule has 1 atom stereocenters. The van der Waals surface area contributed by atoms with Gasteiger partial charge in [-0.2, -0.15) is 0 Å². The van der Waals surface area contributed by atoms with E-state index < -0.39 is 0 Å². The average molecular weight is 296 g/mol. The first-order valence-electron chi connectivity index (χ1n) is 4.96. The van der Waals surface area contributed by atoms with Crippen molar-refractivity contribution in [3.8, 4) is 0 Å². The van der Waals surface area contributed by atoms with Gasteiger partial charge in [-0.05, 0) is 37.3 Å². The molecule has 1 aromatic heterocycles. The molecule has 0 fully saturated rings. The molecule has 0 aliphatic carbocycles. The summed E-state index contributed by atoms with van der Waals surface area (Å²) in [5.74, 6) is 0.770. The Bertz CT molecular complexity index is 270. The number of halogens is 2. The van der Waals surface area contributed by atoms with Gasteiger partial charge in [-0.1, -0.05) is 41.4 Å².